The van der Waals surface area contributed by atoms with E-state index in [4.69, 9.17) is 11.6 Å². The van der Waals surface area contributed by atoms with E-state index in [-0.39, 0.29) is 5.50 Å². The predicted molar refractivity (Wildman–Crippen MR) is 59.0 cm³/mol. The Morgan fingerprint density at radius 3 is 2.46 bits per heavy atom. The van der Waals surface area contributed by atoms with Crippen molar-refractivity contribution in [2.75, 3.05) is 14.1 Å². The number of hydrazone groups is 1. The first kappa shape index (κ1) is 12.3. The van der Waals surface area contributed by atoms with Crippen LogP contribution in [0.15, 0.2) is 16.9 Å². The molecule has 0 saturated carbocycles. The Balaban J connectivity index is 4.39. The SMILES string of the molecule is CN/C=C(C)/C(C)=N\N(C)C(C)Cl. The summed E-state index contributed by atoms with van der Waals surface area (Å²) in [5, 5.41) is 8.99. The highest BCUT2D eigenvalue weighted by molar-refractivity contribution is 6.20. The topological polar surface area (TPSA) is 27.6 Å². The highest BCUT2D eigenvalue weighted by Crippen LogP contribution is 2.03. The van der Waals surface area contributed by atoms with Gasteiger partial charge in [0.2, 0.25) is 0 Å². The molecule has 0 spiro atoms. The number of hydrogen-bond donors (Lipinski definition) is 1. The maximum absolute atomic E-state index is 5.84. The summed E-state index contributed by atoms with van der Waals surface area (Å²) in [6, 6.07) is 0. The first-order valence-corrected chi connectivity index (χ1v) is 4.69. The molecule has 1 unspecified atom stereocenters. The summed E-state index contributed by atoms with van der Waals surface area (Å²) >= 11 is 5.84. The molecule has 0 saturated heterocycles. The van der Waals surface area contributed by atoms with Gasteiger partial charge in [0, 0.05) is 20.3 Å². The molecule has 0 heterocycles. The lowest BCUT2D eigenvalue weighted by Gasteiger charge is -2.16. The molecule has 1 atom stereocenters. The molecule has 0 radical (unpaired) electrons. The molecule has 0 aromatic heterocycles. The summed E-state index contributed by atoms with van der Waals surface area (Å²) in [6.45, 7) is 5.84. The normalized spacial score (nSPS) is 15.5. The Kier molecular flexibility index (Phi) is 5.55. The van der Waals surface area contributed by atoms with Crippen LogP contribution in [0, 0.1) is 0 Å². The van der Waals surface area contributed by atoms with Gasteiger partial charge in [-0.3, -0.25) is 5.01 Å². The molecular weight excluding hydrogens is 186 g/mol. The van der Waals surface area contributed by atoms with E-state index < -0.39 is 0 Å². The van der Waals surface area contributed by atoms with Gasteiger partial charge in [-0.1, -0.05) is 11.6 Å². The van der Waals surface area contributed by atoms with Crippen LogP contribution in [0.4, 0.5) is 0 Å². The first-order valence-electron chi connectivity index (χ1n) is 4.25. The van der Waals surface area contributed by atoms with E-state index in [2.05, 4.69) is 10.4 Å². The van der Waals surface area contributed by atoms with E-state index in [1.54, 1.807) is 5.01 Å². The number of halogens is 1. The van der Waals surface area contributed by atoms with Gasteiger partial charge in [0.25, 0.3) is 0 Å². The van der Waals surface area contributed by atoms with Crippen molar-refractivity contribution in [2.24, 2.45) is 5.10 Å². The van der Waals surface area contributed by atoms with Crippen molar-refractivity contribution < 1.29 is 0 Å². The van der Waals surface area contributed by atoms with E-state index in [9.17, 15) is 0 Å². The monoisotopic (exact) mass is 203 g/mol. The lowest BCUT2D eigenvalue weighted by molar-refractivity contribution is 0.342. The van der Waals surface area contributed by atoms with Crippen molar-refractivity contribution in [2.45, 2.75) is 26.3 Å². The third-order valence-electron chi connectivity index (χ3n) is 1.75. The summed E-state index contributed by atoms with van der Waals surface area (Å²) in [4.78, 5) is 0. The van der Waals surface area contributed by atoms with Crippen molar-refractivity contribution in [3.8, 4) is 0 Å². The minimum Gasteiger partial charge on any atom is -0.394 e. The number of rotatable bonds is 4. The lowest BCUT2D eigenvalue weighted by atomic mass is 10.2. The quantitative estimate of drug-likeness (QED) is 0.328. The third kappa shape index (κ3) is 4.78. The second kappa shape index (κ2) is 5.86. The van der Waals surface area contributed by atoms with Crippen molar-refractivity contribution in [3.05, 3.63) is 11.8 Å². The van der Waals surface area contributed by atoms with Crippen molar-refractivity contribution in [1.29, 1.82) is 0 Å². The summed E-state index contributed by atoms with van der Waals surface area (Å²) in [5.74, 6) is 0. The Labute approximate surface area is 85.4 Å². The molecule has 4 heteroatoms. The maximum atomic E-state index is 5.84. The van der Waals surface area contributed by atoms with Crippen LogP contribution in [0.3, 0.4) is 0 Å². The van der Waals surface area contributed by atoms with Crippen LogP contribution in [0.25, 0.3) is 0 Å². The van der Waals surface area contributed by atoms with Gasteiger partial charge in [-0.25, -0.2) is 0 Å². The minimum absolute atomic E-state index is 0.0858. The van der Waals surface area contributed by atoms with E-state index in [1.165, 1.54) is 0 Å². The van der Waals surface area contributed by atoms with Gasteiger partial charge in [-0.05, 0) is 26.3 Å². The zero-order chi connectivity index (χ0) is 10.4. The Bertz CT molecular complexity index is 209. The lowest BCUT2D eigenvalue weighted by Crippen LogP contribution is -2.20. The van der Waals surface area contributed by atoms with Crippen LogP contribution in [-0.2, 0) is 0 Å². The van der Waals surface area contributed by atoms with Crippen LogP contribution in [0.2, 0.25) is 0 Å². The van der Waals surface area contributed by atoms with Gasteiger partial charge in [0.05, 0.1) is 5.71 Å². The van der Waals surface area contributed by atoms with Crippen molar-refractivity contribution in [1.82, 2.24) is 10.3 Å². The second-order valence-corrected chi connectivity index (χ2v) is 3.58. The van der Waals surface area contributed by atoms with Gasteiger partial charge in [-0.2, -0.15) is 5.10 Å². The Morgan fingerprint density at radius 1 is 1.54 bits per heavy atom. The standard InChI is InChI=1S/C9H18ClN3/c1-7(6-11-4)8(2)12-13(5)9(3)10/h6,9,11H,1-5H3/b7-6+,12-8-. The van der Waals surface area contributed by atoms with Gasteiger partial charge < -0.3 is 5.32 Å². The molecule has 0 aliphatic carbocycles. The molecular formula is C9H18ClN3. The molecule has 0 bridgehead atoms. The highest BCUT2D eigenvalue weighted by atomic mass is 35.5. The largest absolute Gasteiger partial charge is 0.394 e. The molecule has 13 heavy (non-hydrogen) atoms. The number of allylic oxidation sites excluding steroid dienone is 1. The maximum Gasteiger partial charge on any atom is 0.117 e. The molecule has 0 rings (SSSR count). The summed E-state index contributed by atoms with van der Waals surface area (Å²) < 4.78 is 0. The number of alkyl halides is 1. The first-order chi connectivity index (χ1) is 5.99. The molecule has 0 fully saturated rings. The molecule has 0 aliphatic heterocycles. The van der Waals surface area contributed by atoms with Crippen molar-refractivity contribution >= 4 is 17.3 Å². The smallest absolute Gasteiger partial charge is 0.117 e. The van der Waals surface area contributed by atoms with Gasteiger partial charge >= 0.3 is 0 Å². The highest BCUT2D eigenvalue weighted by Gasteiger charge is 2.02. The molecule has 0 aliphatic rings. The molecule has 0 amide bonds. The summed E-state index contributed by atoms with van der Waals surface area (Å²) in [5.41, 5.74) is 1.98. The van der Waals surface area contributed by atoms with Crippen LogP contribution >= 0.6 is 11.6 Å². The van der Waals surface area contributed by atoms with Crippen LogP contribution in [0.1, 0.15) is 20.8 Å². The minimum atomic E-state index is -0.0858. The van der Waals surface area contributed by atoms with Crippen LogP contribution in [-0.4, -0.2) is 30.3 Å². The van der Waals surface area contributed by atoms with Gasteiger partial charge in [-0.15, -0.1) is 0 Å². The fourth-order valence-electron chi connectivity index (χ4n) is 0.716. The Hall–Kier alpha value is -0.700. The van der Waals surface area contributed by atoms with E-state index in [0.717, 1.165) is 11.3 Å². The zero-order valence-corrected chi connectivity index (χ0v) is 9.68. The fraction of sp³-hybridized carbons (Fsp3) is 0.667. The average molecular weight is 204 g/mol. The number of nitrogens with one attached hydrogen (secondary N) is 1. The van der Waals surface area contributed by atoms with E-state index in [1.807, 2.05) is 41.1 Å². The molecule has 76 valence electrons. The van der Waals surface area contributed by atoms with Gasteiger partial charge in [0.1, 0.15) is 5.50 Å². The Morgan fingerprint density at radius 2 is 2.08 bits per heavy atom. The molecule has 3 nitrogen and oxygen atoms in total. The van der Waals surface area contributed by atoms with E-state index in [0.29, 0.717) is 0 Å². The number of hydrogen-bond acceptors (Lipinski definition) is 3. The molecule has 1 N–H and O–H groups in total. The van der Waals surface area contributed by atoms with E-state index >= 15 is 0 Å². The molecule has 0 aromatic rings. The zero-order valence-electron chi connectivity index (χ0n) is 8.93. The average Bonchev–Trinajstić information content (AvgIpc) is 2.04. The molecule has 0 aromatic carbocycles. The fourth-order valence-corrected chi connectivity index (χ4v) is 0.760. The predicted octanol–water partition coefficient (Wildman–Crippen LogP) is 2.00. The van der Waals surface area contributed by atoms with Crippen LogP contribution in [0.5, 0.6) is 0 Å². The van der Waals surface area contributed by atoms with Crippen molar-refractivity contribution in [3.63, 3.8) is 0 Å². The summed E-state index contributed by atoms with van der Waals surface area (Å²) in [7, 11) is 3.72. The van der Waals surface area contributed by atoms with Crippen LogP contribution < -0.4 is 5.32 Å². The third-order valence-corrected chi connectivity index (χ3v) is 2.04. The second-order valence-electron chi connectivity index (χ2n) is 2.95. The van der Waals surface area contributed by atoms with Gasteiger partial charge in [0.15, 0.2) is 0 Å². The number of nitrogens with zero attached hydrogens (tertiary/aromatic N) is 2. The summed E-state index contributed by atoms with van der Waals surface area (Å²) in [6.07, 6.45) is 1.91.